The summed E-state index contributed by atoms with van der Waals surface area (Å²) in [5, 5.41) is 8.76. The van der Waals surface area contributed by atoms with Gasteiger partial charge in [-0.3, -0.25) is 0 Å². The summed E-state index contributed by atoms with van der Waals surface area (Å²) in [7, 11) is -3.99. The molecule has 0 saturated heterocycles. The molecule has 5 nitrogen and oxygen atoms in total. The van der Waals surface area contributed by atoms with Crippen molar-refractivity contribution in [3.8, 4) is 0 Å². The van der Waals surface area contributed by atoms with Crippen LogP contribution in [0.5, 0.6) is 0 Å². The average molecular weight is 315 g/mol. The normalized spacial score (nSPS) is 17.8. The van der Waals surface area contributed by atoms with Gasteiger partial charge in [-0.25, -0.2) is 22.3 Å². The highest BCUT2D eigenvalue weighted by Gasteiger charge is 2.28. The van der Waals surface area contributed by atoms with Gasteiger partial charge in [0.1, 0.15) is 10.7 Å². The van der Waals surface area contributed by atoms with E-state index in [1.807, 2.05) is 0 Å². The molecule has 1 aromatic rings. The molecular formula is C14H18FNO4S. The highest BCUT2D eigenvalue weighted by atomic mass is 32.2. The summed E-state index contributed by atoms with van der Waals surface area (Å²) >= 11 is 0. The van der Waals surface area contributed by atoms with Gasteiger partial charge in [-0.1, -0.05) is 12.8 Å². The molecule has 21 heavy (non-hydrogen) atoms. The third-order valence-electron chi connectivity index (χ3n) is 3.92. The van der Waals surface area contributed by atoms with Crippen LogP contribution in [0.25, 0.3) is 0 Å². The number of carbonyl (C=O) groups is 1. The van der Waals surface area contributed by atoms with E-state index >= 15 is 0 Å². The molecule has 0 heterocycles. The average Bonchev–Trinajstić information content (AvgIpc) is 2.91. The van der Waals surface area contributed by atoms with Crippen LogP contribution < -0.4 is 4.72 Å². The van der Waals surface area contributed by atoms with Crippen LogP contribution in [-0.2, 0) is 10.0 Å². The van der Waals surface area contributed by atoms with Gasteiger partial charge < -0.3 is 5.11 Å². The van der Waals surface area contributed by atoms with E-state index in [2.05, 4.69) is 4.72 Å². The molecule has 0 amide bonds. The first-order valence-electron chi connectivity index (χ1n) is 6.86. The van der Waals surface area contributed by atoms with Crippen molar-refractivity contribution in [3.63, 3.8) is 0 Å². The third kappa shape index (κ3) is 3.59. The van der Waals surface area contributed by atoms with Gasteiger partial charge in [-0.15, -0.1) is 0 Å². The van der Waals surface area contributed by atoms with Gasteiger partial charge in [-0.05, 0) is 43.9 Å². The molecule has 0 aliphatic heterocycles. The fourth-order valence-electron chi connectivity index (χ4n) is 2.71. The van der Waals surface area contributed by atoms with E-state index in [-0.39, 0.29) is 17.5 Å². The first kappa shape index (κ1) is 15.9. The predicted octanol–water partition coefficient (Wildman–Crippen LogP) is 2.38. The van der Waals surface area contributed by atoms with E-state index in [9.17, 15) is 17.6 Å². The zero-order valence-corrected chi connectivity index (χ0v) is 12.5. The van der Waals surface area contributed by atoms with Crippen LogP contribution in [0.15, 0.2) is 23.1 Å². The quantitative estimate of drug-likeness (QED) is 0.874. The molecule has 0 unspecified atom stereocenters. The Morgan fingerprint density at radius 3 is 2.52 bits per heavy atom. The topological polar surface area (TPSA) is 83.5 Å². The fraction of sp³-hybridized carbons (Fsp3) is 0.500. The van der Waals surface area contributed by atoms with E-state index in [4.69, 9.17) is 5.11 Å². The molecule has 7 heteroatoms. The minimum absolute atomic E-state index is 0.265. The Morgan fingerprint density at radius 1 is 1.38 bits per heavy atom. The first-order valence-corrected chi connectivity index (χ1v) is 8.35. The Hall–Kier alpha value is -1.47. The molecule has 1 aliphatic rings. The molecule has 0 radical (unpaired) electrons. The second kappa shape index (κ2) is 6.11. The van der Waals surface area contributed by atoms with Crippen LogP contribution in [0, 0.1) is 11.7 Å². The second-order valence-corrected chi connectivity index (χ2v) is 7.09. The molecule has 2 N–H and O–H groups in total. The second-order valence-electron chi connectivity index (χ2n) is 5.40. The molecular weight excluding hydrogens is 297 g/mol. The lowest BCUT2D eigenvalue weighted by Crippen LogP contribution is -2.37. The Kier molecular flexibility index (Phi) is 4.63. The van der Waals surface area contributed by atoms with Crippen molar-refractivity contribution in [2.45, 2.75) is 43.5 Å². The number of hydrogen-bond acceptors (Lipinski definition) is 3. The van der Waals surface area contributed by atoms with Gasteiger partial charge >= 0.3 is 5.97 Å². The maximum atomic E-state index is 13.9. The van der Waals surface area contributed by atoms with Crippen molar-refractivity contribution in [1.82, 2.24) is 4.72 Å². The summed E-state index contributed by atoms with van der Waals surface area (Å²) in [6.07, 6.45) is 4.09. The smallest absolute Gasteiger partial charge is 0.335 e. The Balaban J connectivity index is 2.21. The van der Waals surface area contributed by atoms with Crippen LogP contribution >= 0.6 is 0 Å². The van der Waals surface area contributed by atoms with Crippen molar-refractivity contribution < 1.29 is 22.7 Å². The van der Waals surface area contributed by atoms with Crippen molar-refractivity contribution in [3.05, 3.63) is 29.6 Å². The number of halogens is 1. The van der Waals surface area contributed by atoms with Gasteiger partial charge in [0, 0.05) is 6.04 Å². The highest BCUT2D eigenvalue weighted by molar-refractivity contribution is 7.89. The molecule has 1 fully saturated rings. The van der Waals surface area contributed by atoms with E-state index in [0.29, 0.717) is 0 Å². The molecule has 1 saturated carbocycles. The van der Waals surface area contributed by atoms with Crippen molar-refractivity contribution in [1.29, 1.82) is 0 Å². The Morgan fingerprint density at radius 2 is 2.00 bits per heavy atom. The lowest BCUT2D eigenvalue weighted by atomic mass is 10.0. The minimum Gasteiger partial charge on any atom is -0.478 e. The fourth-order valence-corrected chi connectivity index (χ4v) is 4.09. The SMILES string of the molecule is C[C@@H](NS(=O)(=O)c1ccc(C(=O)O)cc1F)C1CCCC1. The third-order valence-corrected chi connectivity index (χ3v) is 5.51. The number of benzene rings is 1. The van der Waals surface area contributed by atoms with E-state index in [0.717, 1.165) is 43.9 Å². The Bertz CT molecular complexity index is 638. The van der Waals surface area contributed by atoms with Crippen molar-refractivity contribution >= 4 is 16.0 Å². The summed E-state index contributed by atoms with van der Waals surface area (Å²) in [6, 6.07) is 2.52. The van der Waals surface area contributed by atoms with E-state index in [1.165, 1.54) is 0 Å². The van der Waals surface area contributed by atoms with Crippen LogP contribution in [0.3, 0.4) is 0 Å². The summed E-state index contributed by atoms with van der Waals surface area (Å²) < 4.78 is 40.7. The molecule has 116 valence electrons. The van der Waals surface area contributed by atoms with Crippen LogP contribution in [-0.4, -0.2) is 25.5 Å². The Labute approximate surface area is 123 Å². The van der Waals surface area contributed by atoms with Crippen LogP contribution in [0.1, 0.15) is 43.0 Å². The maximum Gasteiger partial charge on any atom is 0.335 e. The van der Waals surface area contributed by atoms with Gasteiger partial charge in [0.2, 0.25) is 10.0 Å². The lowest BCUT2D eigenvalue weighted by Gasteiger charge is -2.20. The predicted molar refractivity (Wildman–Crippen MR) is 75.1 cm³/mol. The number of hydrogen-bond donors (Lipinski definition) is 2. The summed E-state index contributed by atoms with van der Waals surface area (Å²) in [4.78, 5) is 10.2. The van der Waals surface area contributed by atoms with Crippen molar-refractivity contribution in [2.24, 2.45) is 5.92 Å². The first-order chi connectivity index (χ1) is 9.81. The monoisotopic (exact) mass is 315 g/mol. The largest absolute Gasteiger partial charge is 0.478 e. The molecule has 1 aliphatic carbocycles. The van der Waals surface area contributed by atoms with E-state index in [1.54, 1.807) is 6.92 Å². The minimum atomic E-state index is -3.99. The standard InChI is InChI=1S/C14H18FNO4S/c1-9(10-4-2-3-5-10)16-21(19,20)13-7-6-11(14(17)18)8-12(13)15/h6-10,16H,2-5H2,1H3,(H,17,18)/t9-/m1/s1. The summed E-state index contributed by atoms with van der Waals surface area (Å²) in [5.74, 6) is -2.09. The molecule has 1 aromatic carbocycles. The van der Waals surface area contributed by atoms with Crippen molar-refractivity contribution in [2.75, 3.05) is 0 Å². The van der Waals surface area contributed by atoms with Gasteiger partial charge in [0.15, 0.2) is 0 Å². The highest BCUT2D eigenvalue weighted by Crippen LogP contribution is 2.28. The van der Waals surface area contributed by atoms with Crippen LogP contribution in [0.4, 0.5) is 4.39 Å². The van der Waals surface area contributed by atoms with E-state index < -0.39 is 26.7 Å². The number of aromatic carboxylic acids is 1. The maximum absolute atomic E-state index is 13.9. The number of sulfonamides is 1. The lowest BCUT2D eigenvalue weighted by molar-refractivity contribution is 0.0696. The summed E-state index contributed by atoms with van der Waals surface area (Å²) in [5.41, 5.74) is -0.282. The van der Waals surface area contributed by atoms with Gasteiger partial charge in [0.25, 0.3) is 0 Å². The number of carboxylic acid groups (broad SMARTS) is 1. The molecule has 1 atom stereocenters. The molecule has 0 spiro atoms. The molecule has 0 bridgehead atoms. The zero-order chi connectivity index (χ0) is 15.6. The van der Waals surface area contributed by atoms with Gasteiger partial charge in [-0.2, -0.15) is 0 Å². The summed E-state index contributed by atoms with van der Waals surface area (Å²) in [6.45, 7) is 1.77. The number of nitrogens with one attached hydrogen (secondary N) is 1. The molecule has 0 aromatic heterocycles. The van der Waals surface area contributed by atoms with Gasteiger partial charge in [0.05, 0.1) is 5.56 Å². The molecule has 2 rings (SSSR count). The zero-order valence-electron chi connectivity index (χ0n) is 11.7. The number of carboxylic acids is 1. The number of rotatable bonds is 5. The van der Waals surface area contributed by atoms with Crippen LogP contribution in [0.2, 0.25) is 0 Å².